The summed E-state index contributed by atoms with van der Waals surface area (Å²) in [5, 5.41) is 34.8. The Kier molecular flexibility index (Phi) is 11.9. The first kappa shape index (κ1) is 31.1. The Labute approximate surface area is 225 Å². The van der Waals surface area contributed by atoms with E-state index in [2.05, 4.69) is 11.6 Å². The van der Waals surface area contributed by atoms with Gasteiger partial charge in [-0.3, -0.25) is 9.59 Å². The van der Waals surface area contributed by atoms with E-state index < -0.39 is 35.6 Å². The van der Waals surface area contributed by atoms with Crippen LogP contribution in [0.1, 0.15) is 76.9 Å². The lowest BCUT2D eigenvalue weighted by molar-refractivity contribution is -0.154. The number of hydrogen-bond donors (Lipinski definition) is 3. The summed E-state index contributed by atoms with van der Waals surface area (Å²) in [7, 11) is 0. The molecule has 0 saturated carbocycles. The molecule has 1 aromatic rings. The molecule has 0 radical (unpaired) electrons. The van der Waals surface area contributed by atoms with Crippen LogP contribution in [0.25, 0.3) is 6.08 Å². The number of rotatable bonds is 5. The summed E-state index contributed by atoms with van der Waals surface area (Å²) in [5.74, 6) is -1.82. The number of aliphatic hydroxyl groups excluding tert-OH is 3. The minimum absolute atomic E-state index is 0.112. The molecule has 3 N–H and O–H groups in total. The number of ketones is 1. The van der Waals surface area contributed by atoms with Crippen molar-refractivity contribution in [2.45, 2.75) is 91.5 Å². The van der Waals surface area contributed by atoms with E-state index in [1.165, 1.54) is 11.3 Å². The van der Waals surface area contributed by atoms with Crippen molar-refractivity contribution in [3.05, 3.63) is 46.0 Å². The lowest BCUT2D eigenvalue weighted by atomic mass is 9.69. The van der Waals surface area contributed by atoms with E-state index >= 15 is 0 Å². The molecule has 2 rings (SSSR count). The number of esters is 1. The third-order valence-corrected chi connectivity index (χ3v) is 8.30. The maximum Gasteiger partial charge on any atom is 0.309 e. The maximum atomic E-state index is 13.5. The third-order valence-electron chi connectivity index (χ3n) is 7.51. The quantitative estimate of drug-likeness (QED) is 0.368. The van der Waals surface area contributed by atoms with Crippen LogP contribution in [0.5, 0.6) is 0 Å². The molecule has 0 saturated heterocycles. The second-order valence-electron chi connectivity index (χ2n) is 10.6. The predicted octanol–water partition coefficient (Wildman–Crippen LogP) is 4.79. The third kappa shape index (κ3) is 8.43. The highest BCUT2D eigenvalue weighted by Gasteiger charge is 2.45. The van der Waals surface area contributed by atoms with Gasteiger partial charge in [-0.05, 0) is 69.6 Å². The number of aromatic nitrogens is 1. The van der Waals surface area contributed by atoms with E-state index in [1.807, 2.05) is 38.3 Å². The van der Waals surface area contributed by atoms with E-state index in [4.69, 9.17) is 4.74 Å². The second kappa shape index (κ2) is 14.1. The van der Waals surface area contributed by atoms with Crippen molar-refractivity contribution in [3.63, 3.8) is 0 Å². The van der Waals surface area contributed by atoms with Crippen LogP contribution in [0.3, 0.4) is 0 Å². The van der Waals surface area contributed by atoms with Gasteiger partial charge >= 0.3 is 5.97 Å². The van der Waals surface area contributed by atoms with Gasteiger partial charge in [-0.1, -0.05) is 26.0 Å². The molecule has 2 heterocycles. The Morgan fingerprint density at radius 3 is 2.62 bits per heavy atom. The van der Waals surface area contributed by atoms with Crippen LogP contribution in [0.15, 0.2) is 35.3 Å². The van der Waals surface area contributed by atoms with Crippen LogP contribution in [0.2, 0.25) is 0 Å². The van der Waals surface area contributed by atoms with Gasteiger partial charge in [-0.2, -0.15) is 0 Å². The average Bonchev–Trinajstić information content (AvgIpc) is 3.27. The van der Waals surface area contributed by atoms with Crippen LogP contribution in [-0.2, 0) is 14.3 Å². The largest absolute Gasteiger partial charge is 0.457 e. The number of aliphatic hydroxyl groups is 3. The fraction of sp³-hybridized carbons (Fsp3) is 0.621. The summed E-state index contributed by atoms with van der Waals surface area (Å²) in [6.07, 6.45) is 4.72. The average molecular weight is 534 g/mol. The zero-order chi connectivity index (χ0) is 27.8. The molecule has 206 valence electrons. The number of hydrogen-bond acceptors (Lipinski definition) is 8. The molecule has 1 aromatic heterocycles. The Morgan fingerprint density at radius 1 is 1.32 bits per heavy atom. The van der Waals surface area contributed by atoms with Crippen LogP contribution in [-0.4, -0.2) is 57.0 Å². The number of carbonyl (C=O) groups excluding carboxylic acids is 2. The monoisotopic (exact) mass is 533 g/mol. The molecule has 0 spiro atoms. The Hall–Kier alpha value is -2.13. The van der Waals surface area contributed by atoms with Crippen LogP contribution < -0.4 is 0 Å². The first-order chi connectivity index (χ1) is 17.4. The number of nitrogens with zero attached hydrogens (tertiary/aromatic N) is 1. The van der Waals surface area contributed by atoms with Crippen molar-refractivity contribution in [1.82, 2.24) is 4.98 Å². The van der Waals surface area contributed by atoms with Crippen molar-refractivity contribution in [2.24, 2.45) is 17.3 Å². The van der Waals surface area contributed by atoms with Gasteiger partial charge in [0.2, 0.25) is 0 Å². The van der Waals surface area contributed by atoms with E-state index in [0.29, 0.717) is 19.3 Å². The van der Waals surface area contributed by atoms with E-state index in [9.17, 15) is 24.9 Å². The molecule has 0 bridgehead atoms. The number of Topliss-reactive ketones (excluding diaryl/α,β-unsaturated/α-hetero) is 1. The van der Waals surface area contributed by atoms with Crippen molar-refractivity contribution >= 4 is 29.2 Å². The molecule has 1 aliphatic heterocycles. The molecular formula is C29H43NO6S. The minimum Gasteiger partial charge on any atom is -0.457 e. The number of cyclic esters (lactones) is 1. The van der Waals surface area contributed by atoms with Gasteiger partial charge in [0.1, 0.15) is 11.9 Å². The molecule has 0 unspecified atom stereocenters. The number of carbonyl (C=O) groups is 2. The molecule has 0 aliphatic carbocycles. The van der Waals surface area contributed by atoms with E-state index in [1.54, 1.807) is 19.9 Å². The molecule has 0 fully saturated rings. The summed E-state index contributed by atoms with van der Waals surface area (Å²) in [6.45, 7) is 12.6. The van der Waals surface area contributed by atoms with Gasteiger partial charge in [0.05, 0.1) is 41.4 Å². The summed E-state index contributed by atoms with van der Waals surface area (Å²) in [4.78, 5) is 31.0. The first-order valence-electron chi connectivity index (χ1n) is 13.0. The van der Waals surface area contributed by atoms with Gasteiger partial charge in [-0.25, -0.2) is 4.98 Å². The standard InChI is InChI=1S/C29H43NO6S/c1-7-13-29(6)25(32)15-26(33)36-24(19(3)14-23-17-37-21(5)30-23)12-11-22(16-31)10-8-9-18(2)27(34)20(4)28(29)35/h7,11,14,17-18,20,24-25,27,31-32,34H,1,8-10,12-13,15-16H2,2-6H3/b19-14+,22-11+/t18-,20-,24-,25-,27+,29-/m0/s1. The molecule has 8 heteroatoms. The summed E-state index contributed by atoms with van der Waals surface area (Å²) < 4.78 is 5.82. The smallest absolute Gasteiger partial charge is 0.309 e. The minimum atomic E-state index is -1.31. The lowest BCUT2D eigenvalue weighted by Crippen LogP contribution is -2.47. The highest BCUT2D eigenvalue weighted by atomic mass is 32.1. The highest BCUT2D eigenvalue weighted by Crippen LogP contribution is 2.36. The molecule has 7 nitrogen and oxygen atoms in total. The first-order valence-corrected chi connectivity index (χ1v) is 13.9. The highest BCUT2D eigenvalue weighted by molar-refractivity contribution is 7.09. The van der Waals surface area contributed by atoms with E-state index in [-0.39, 0.29) is 31.1 Å². The van der Waals surface area contributed by atoms with Gasteiger partial charge in [0.15, 0.2) is 0 Å². The van der Waals surface area contributed by atoms with Crippen molar-refractivity contribution in [2.75, 3.05) is 6.61 Å². The van der Waals surface area contributed by atoms with Crippen molar-refractivity contribution in [3.8, 4) is 0 Å². The van der Waals surface area contributed by atoms with Gasteiger partial charge < -0.3 is 20.1 Å². The van der Waals surface area contributed by atoms with E-state index in [0.717, 1.165) is 28.3 Å². The number of allylic oxidation sites excluding steroid dienone is 1. The van der Waals surface area contributed by atoms with Gasteiger partial charge in [-0.15, -0.1) is 17.9 Å². The van der Waals surface area contributed by atoms with Crippen molar-refractivity contribution in [1.29, 1.82) is 0 Å². The summed E-state index contributed by atoms with van der Waals surface area (Å²) in [5.41, 5.74) is 1.11. The fourth-order valence-corrected chi connectivity index (χ4v) is 5.47. The Bertz CT molecular complexity index is 998. The SMILES string of the molecule is C=CC[C@]1(C)C(=O)[C@@H](C)[C@H](O)[C@@H](C)CCC/C(CO)=C\C[C@@H](/C(C)=C/c2csc(C)n2)OC(=O)C[C@@H]1O. The van der Waals surface area contributed by atoms with Gasteiger partial charge in [0.25, 0.3) is 0 Å². The second-order valence-corrected chi connectivity index (χ2v) is 11.6. The zero-order valence-corrected chi connectivity index (χ0v) is 23.6. The van der Waals surface area contributed by atoms with Crippen LogP contribution in [0, 0.1) is 24.2 Å². The number of aryl methyl sites for hydroxylation is 1. The fourth-order valence-electron chi connectivity index (χ4n) is 4.90. The Morgan fingerprint density at radius 2 is 2.03 bits per heavy atom. The van der Waals surface area contributed by atoms with Crippen LogP contribution >= 0.6 is 11.3 Å². The zero-order valence-electron chi connectivity index (χ0n) is 22.8. The molecule has 0 aromatic carbocycles. The predicted molar refractivity (Wildman–Crippen MR) is 147 cm³/mol. The molecule has 6 atom stereocenters. The molecule has 0 amide bonds. The number of ether oxygens (including phenoxy) is 1. The Balaban J connectivity index is 2.43. The summed E-state index contributed by atoms with van der Waals surface area (Å²) >= 11 is 1.53. The lowest BCUT2D eigenvalue weighted by Gasteiger charge is -2.36. The molecule has 1 aliphatic rings. The topological polar surface area (TPSA) is 117 Å². The van der Waals surface area contributed by atoms with Gasteiger partial charge in [0, 0.05) is 17.7 Å². The summed E-state index contributed by atoms with van der Waals surface area (Å²) in [6, 6.07) is 0. The molecule has 37 heavy (non-hydrogen) atoms. The van der Waals surface area contributed by atoms with Crippen molar-refractivity contribution < 1.29 is 29.6 Å². The van der Waals surface area contributed by atoms with Crippen LogP contribution in [0.4, 0.5) is 0 Å². The molecular weight excluding hydrogens is 490 g/mol. The normalized spacial score (nSPS) is 32.9. The number of thiazole rings is 1. The maximum absolute atomic E-state index is 13.5.